The highest BCUT2D eigenvalue weighted by atomic mass is 32.2. The molecule has 10 heteroatoms. The lowest BCUT2D eigenvalue weighted by atomic mass is 9.69. The number of hydrogen-bond donors (Lipinski definition) is 1. The van der Waals surface area contributed by atoms with Crippen LogP contribution in [-0.4, -0.2) is 35.8 Å². The maximum atomic E-state index is 13.7. The highest BCUT2D eigenvalue weighted by molar-refractivity contribution is 7.87. The molecule has 0 amide bonds. The molecule has 7 nitrogen and oxygen atoms in total. The Kier molecular flexibility index (Phi) is 5.28. The van der Waals surface area contributed by atoms with Crippen LogP contribution in [0.15, 0.2) is 42.2 Å². The minimum Gasteiger partial charge on any atom is -0.455 e. The molecule has 2 bridgehead atoms. The summed E-state index contributed by atoms with van der Waals surface area (Å²) in [5.74, 6) is -3.39. The summed E-state index contributed by atoms with van der Waals surface area (Å²) < 4.78 is 68.6. The third-order valence-corrected chi connectivity index (χ3v) is 7.44. The predicted molar refractivity (Wildman–Crippen MR) is 109 cm³/mol. The van der Waals surface area contributed by atoms with Crippen molar-refractivity contribution in [1.82, 2.24) is 0 Å². The van der Waals surface area contributed by atoms with Crippen molar-refractivity contribution in [3.63, 3.8) is 0 Å². The van der Waals surface area contributed by atoms with E-state index in [1.54, 1.807) is 37.3 Å². The van der Waals surface area contributed by atoms with Gasteiger partial charge in [0.15, 0.2) is 0 Å². The van der Waals surface area contributed by atoms with Crippen molar-refractivity contribution >= 4 is 28.1 Å². The lowest BCUT2D eigenvalue weighted by Gasteiger charge is -2.38. The Hall–Kier alpha value is -2.59. The average molecular weight is 468 g/mol. The number of ether oxygens (including phenoxy) is 2. The quantitative estimate of drug-likeness (QED) is 0.497. The topological polar surface area (TPSA) is 107 Å². The van der Waals surface area contributed by atoms with E-state index in [1.807, 2.05) is 0 Å². The second kappa shape index (κ2) is 7.48. The van der Waals surface area contributed by atoms with Crippen LogP contribution in [0.5, 0.6) is 0 Å². The summed E-state index contributed by atoms with van der Waals surface area (Å²) in [4.78, 5) is 24.7. The lowest BCUT2D eigenvalue weighted by molar-refractivity contribution is -0.158. The second-order valence-corrected chi connectivity index (χ2v) is 10.2. The van der Waals surface area contributed by atoms with Crippen LogP contribution in [0.1, 0.15) is 48.5 Å². The van der Waals surface area contributed by atoms with Gasteiger partial charge in [0.05, 0.1) is 5.56 Å². The summed E-state index contributed by atoms with van der Waals surface area (Å²) in [5.41, 5.74) is 1.04. The van der Waals surface area contributed by atoms with Crippen LogP contribution in [0.25, 0.3) is 6.08 Å². The van der Waals surface area contributed by atoms with Gasteiger partial charge in [0.2, 0.25) is 0 Å². The minimum absolute atomic E-state index is 0.0208. The highest BCUT2D eigenvalue weighted by Crippen LogP contribution is 2.62. The van der Waals surface area contributed by atoms with E-state index in [1.165, 1.54) is 0 Å². The zero-order valence-electron chi connectivity index (χ0n) is 17.2. The fourth-order valence-corrected chi connectivity index (χ4v) is 5.40. The zero-order valence-corrected chi connectivity index (χ0v) is 18.0. The van der Waals surface area contributed by atoms with E-state index in [0.717, 1.165) is 5.56 Å². The number of fused-ring (bicyclic) bond motifs is 1. The Bertz CT molecular complexity index is 1120. The molecule has 4 atom stereocenters. The number of esters is 2. The third-order valence-electron chi connectivity index (χ3n) is 6.62. The van der Waals surface area contributed by atoms with Crippen molar-refractivity contribution in [2.75, 3.05) is 0 Å². The number of rotatable bonds is 6. The van der Waals surface area contributed by atoms with E-state index in [2.05, 4.69) is 6.58 Å². The Morgan fingerprint density at radius 3 is 2.47 bits per heavy atom. The molecule has 0 spiro atoms. The smallest absolute Gasteiger partial charge is 0.455 e. The molecule has 3 aliphatic carbocycles. The van der Waals surface area contributed by atoms with Crippen LogP contribution in [0.3, 0.4) is 0 Å². The minimum atomic E-state index is -5.96. The molecule has 0 radical (unpaired) electrons. The molecule has 0 aromatic heterocycles. The van der Waals surface area contributed by atoms with E-state index in [0.29, 0.717) is 30.4 Å². The van der Waals surface area contributed by atoms with Crippen LogP contribution < -0.4 is 0 Å². The van der Waals surface area contributed by atoms with Crippen molar-refractivity contribution < 1.29 is 40.8 Å². The van der Waals surface area contributed by atoms with Crippen molar-refractivity contribution in [3.8, 4) is 0 Å². The van der Waals surface area contributed by atoms with Gasteiger partial charge in [-0.3, -0.25) is 4.55 Å². The Labute approximate surface area is 183 Å². The molecule has 172 valence electrons. The van der Waals surface area contributed by atoms with Gasteiger partial charge >= 0.3 is 27.3 Å². The molecule has 0 saturated heterocycles. The number of carbonyl (C=O) groups excluding carboxylic acids is 2. The van der Waals surface area contributed by atoms with Gasteiger partial charge in [0, 0.05) is 5.92 Å². The molecular weight excluding hydrogens is 446 g/mol. The molecule has 1 N–H and O–H groups in total. The summed E-state index contributed by atoms with van der Waals surface area (Å²) >= 11 is 0. The fraction of sp³-hybridized carbons (Fsp3) is 0.455. The Morgan fingerprint density at radius 2 is 1.88 bits per heavy atom. The third kappa shape index (κ3) is 3.65. The largest absolute Gasteiger partial charge is 0.466 e. The van der Waals surface area contributed by atoms with E-state index < -0.39 is 38.8 Å². The molecule has 0 aliphatic heterocycles. The van der Waals surface area contributed by atoms with Crippen LogP contribution in [0, 0.1) is 17.8 Å². The van der Waals surface area contributed by atoms with E-state index in [9.17, 15) is 26.8 Å². The number of allylic oxidation sites excluding steroid dienone is 2. The van der Waals surface area contributed by atoms with E-state index in [4.69, 9.17) is 14.0 Å². The first-order valence-corrected chi connectivity index (χ1v) is 11.6. The first-order valence-electron chi connectivity index (χ1n) is 10.1. The summed E-state index contributed by atoms with van der Waals surface area (Å²) in [5, 5.41) is -5.07. The molecule has 4 unspecified atom stereocenters. The van der Waals surface area contributed by atoms with Crippen molar-refractivity contribution in [2.45, 2.75) is 43.5 Å². The van der Waals surface area contributed by atoms with Gasteiger partial charge in [-0.1, -0.05) is 31.7 Å². The molecule has 32 heavy (non-hydrogen) atoms. The standard InChI is InChI=1S/C22H22F2O7S/c1-3-13-4-6-14(7-5-13)19(25)31-21-9-12(2)18(16-8-15(10-21)17(16)11-21)30-20(26)22(23,24)32(27,28)29/h3-7,12,15,17H,1,8-11H2,2H3,(H,27,28,29). The molecule has 1 aromatic rings. The zero-order chi connectivity index (χ0) is 23.5. The van der Waals surface area contributed by atoms with Crippen molar-refractivity contribution in [1.29, 1.82) is 0 Å². The van der Waals surface area contributed by atoms with Gasteiger partial charge in [0.1, 0.15) is 11.4 Å². The summed E-state index contributed by atoms with van der Waals surface area (Å²) in [6.45, 7) is 5.31. The van der Waals surface area contributed by atoms with Gasteiger partial charge < -0.3 is 9.47 Å². The molecule has 4 rings (SSSR count). The van der Waals surface area contributed by atoms with Gasteiger partial charge in [-0.2, -0.15) is 17.2 Å². The van der Waals surface area contributed by atoms with E-state index >= 15 is 0 Å². The molecule has 3 aliphatic rings. The summed E-state index contributed by atoms with van der Waals surface area (Å²) in [6.07, 6.45) is 3.47. The summed E-state index contributed by atoms with van der Waals surface area (Å²) in [7, 11) is -5.96. The monoisotopic (exact) mass is 468 g/mol. The lowest BCUT2D eigenvalue weighted by Crippen LogP contribution is -2.41. The normalized spacial score (nSPS) is 29.1. The summed E-state index contributed by atoms with van der Waals surface area (Å²) in [6, 6.07) is 6.74. The maximum Gasteiger partial charge on any atom is 0.466 e. The number of hydrogen-bond acceptors (Lipinski definition) is 6. The van der Waals surface area contributed by atoms with E-state index in [-0.39, 0.29) is 24.0 Å². The average Bonchev–Trinajstić information content (AvgIpc) is 2.93. The van der Waals surface area contributed by atoms with Gasteiger partial charge in [-0.05, 0) is 60.8 Å². The van der Waals surface area contributed by atoms with Gasteiger partial charge in [-0.15, -0.1) is 0 Å². The molecule has 1 aromatic carbocycles. The maximum absolute atomic E-state index is 13.7. The van der Waals surface area contributed by atoms with Gasteiger partial charge in [-0.25, -0.2) is 9.59 Å². The van der Waals surface area contributed by atoms with Crippen LogP contribution in [0.4, 0.5) is 8.78 Å². The SMILES string of the molecule is C=Cc1ccc(C(=O)OC23CC(C)C(OC(=O)C(F)(F)S(=O)(=O)O)=C4CC(C2)C4C3)cc1. The number of alkyl halides is 2. The van der Waals surface area contributed by atoms with Gasteiger partial charge in [0.25, 0.3) is 0 Å². The molecule has 2 saturated carbocycles. The number of carbonyl (C=O) groups is 2. The molecular formula is C22H22F2O7S. The number of benzene rings is 1. The first-order chi connectivity index (χ1) is 14.9. The Morgan fingerprint density at radius 1 is 1.22 bits per heavy atom. The molecule has 2 fully saturated rings. The van der Waals surface area contributed by atoms with Crippen LogP contribution in [0.2, 0.25) is 0 Å². The highest BCUT2D eigenvalue weighted by Gasteiger charge is 2.60. The van der Waals surface area contributed by atoms with Crippen molar-refractivity contribution in [2.24, 2.45) is 17.8 Å². The molecule has 0 heterocycles. The fourth-order valence-electron chi connectivity index (χ4n) is 5.15. The predicted octanol–water partition coefficient (Wildman–Crippen LogP) is 3.97. The van der Waals surface area contributed by atoms with Crippen LogP contribution >= 0.6 is 0 Å². The first kappa shape index (κ1) is 22.6. The second-order valence-electron chi connectivity index (χ2n) is 8.75. The van der Waals surface area contributed by atoms with Crippen LogP contribution in [-0.2, 0) is 24.4 Å². The van der Waals surface area contributed by atoms with Crippen molar-refractivity contribution in [3.05, 3.63) is 53.3 Å². The number of halogens is 2. The Balaban J connectivity index is 1.54.